The molecule has 0 N–H and O–H groups in total. The second kappa shape index (κ2) is 4.76. The summed E-state index contributed by atoms with van der Waals surface area (Å²) in [5.74, 6) is 1.82. The Morgan fingerprint density at radius 3 is 2.06 bits per heavy atom. The molecule has 0 saturated carbocycles. The van der Waals surface area contributed by atoms with Crippen molar-refractivity contribution in [3.8, 4) is 11.5 Å². The van der Waals surface area contributed by atoms with Gasteiger partial charge in [-0.1, -0.05) is 55.2 Å². The van der Waals surface area contributed by atoms with E-state index in [4.69, 9.17) is 4.74 Å². The highest BCUT2D eigenvalue weighted by atomic mass is 28.3. The van der Waals surface area contributed by atoms with Crippen LogP contribution in [0.4, 0.5) is 0 Å². The Balaban J connectivity index is 2.23. The molecule has 0 aromatic heterocycles. The molecular formula is C15H18OSi. The number of para-hydroxylation sites is 1. The minimum absolute atomic E-state index is 0.889. The van der Waals surface area contributed by atoms with E-state index in [2.05, 4.69) is 37.8 Å². The van der Waals surface area contributed by atoms with Crippen LogP contribution in [-0.2, 0) is 0 Å². The summed E-state index contributed by atoms with van der Waals surface area (Å²) in [5.41, 5.74) is 0. The first-order chi connectivity index (χ1) is 8.05. The Bertz CT molecular complexity index is 486. The predicted octanol–water partition coefficient (Wildman–Crippen LogP) is 4.02. The van der Waals surface area contributed by atoms with Crippen LogP contribution in [0.15, 0.2) is 54.6 Å². The molecule has 0 aliphatic carbocycles. The third kappa shape index (κ3) is 3.20. The van der Waals surface area contributed by atoms with Crippen molar-refractivity contribution in [2.75, 3.05) is 0 Å². The minimum atomic E-state index is -1.26. The normalized spacial score (nSPS) is 11.2. The van der Waals surface area contributed by atoms with Gasteiger partial charge in [-0.2, -0.15) is 0 Å². The lowest BCUT2D eigenvalue weighted by molar-refractivity contribution is 0.483. The third-order valence-electron chi connectivity index (χ3n) is 2.68. The fourth-order valence-corrected chi connectivity index (χ4v) is 2.82. The molecule has 2 aromatic rings. The van der Waals surface area contributed by atoms with Crippen LogP contribution in [-0.4, -0.2) is 8.07 Å². The van der Waals surface area contributed by atoms with E-state index in [0.717, 1.165) is 11.5 Å². The van der Waals surface area contributed by atoms with E-state index >= 15 is 0 Å². The summed E-state index contributed by atoms with van der Waals surface area (Å²) >= 11 is 0. The molecule has 0 atom stereocenters. The van der Waals surface area contributed by atoms with Gasteiger partial charge in [-0.25, -0.2) is 0 Å². The Hall–Kier alpha value is -1.54. The number of ether oxygens (including phenoxy) is 1. The largest absolute Gasteiger partial charge is 0.457 e. The lowest BCUT2D eigenvalue weighted by Crippen LogP contribution is -2.37. The van der Waals surface area contributed by atoms with Crippen LogP contribution in [0.2, 0.25) is 19.6 Å². The fraction of sp³-hybridized carbons (Fsp3) is 0.200. The van der Waals surface area contributed by atoms with Crippen LogP contribution in [0.1, 0.15) is 0 Å². The molecule has 0 saturated heterocycles. The standard InChI is InChI=1S/C15H18OSi/c1-17(2,3)15-11-7-10-14(12-15)16-13-8-5-4-6-9-13/h4-12H,1-3H3. The maximum Gasteiger partial charge on any atom is 0.127 e. The maximum absolute atomic E-state index is 5.84. The second-order valence-electron chi connectivity index (χ2n) is 5.19. The molecule has 0 spiro atoms. The average molecular weight is 242 g/mol. The van der Waals surface area contributed by atoms with Crippen molar-refractivity contribution in [1.29, 1.82) is 0 Å². The highest BCUT2D eigenvalue weighted by Gasteiger charge is 2.16. The first kappa shape index (κ1) is 11.9. The van der Waals surface area contributed by atoms with Gasteiger partial charge in [0.25, 0.3) is 0 Å². The maximum atomic E-state index is 5.84. The highest BCUT2D eigenvalue weighted by molar-refractivity contribution is 6.88. The zero-order valence-corrected chi connectivity index (χ0v) is 11.6. The second-order valence-corrected chi connectivity index (χ2v) is 10.3. The van der Waals surface area contributed by atoms with Crippen LogP contribution in [0.5, 0.6) is 11.5 Å². The molecule has 0 heterocycles. The van der Waals surface area contributed by atoms with Crippen LogP contribution in [0.3, 0.4) is 0 Å². The predicted molar refractivity (Wildman–Crippen MR) is 75.9 cm³/mol. The van der Waals surface area contributed by atoms with Gasteiger partial charge in [0.1, 0.15) is 11.5 Å². The van der Waals surface area contributed by atoms with Crippen LogP contribution < -0.4 is 9.92 Å². The topological polar surface area (TPSA) is 9.23 Å². The van der Waals surface area contributed by atoms with Gasteiger partial charge >= 0.3 is 0 Å². The lowest BCUT2D eigenvalue weighted by Gasteiger charge is -2.17. The number of hydrogen-bond acceptors (Lipinski definition) is 1. The van der Waals surface area contributed by atoms with Crippen molar-refractivity contribution in [1.82, 2.24) is 0 Å². The SMILES string of the molecule is C[Si](C)(C)c1cccc(Oc2ccccc2)c1. The summed E-state index contributed by atoms with van der Waals surface area (Å²) in [6.45, 7) is 7.03. The summed E-state index contributed by atoms with van der Waals surface area (Å²) < 4.78 is 5.84. The van der Waals surface area contributed by atoms with Crippen LogP contribution in [0, 0.1) is 0 Å². The zero-order chi connectivity index (χ0) is 12.3. The molecule has 0 unspecified atom stereocenters. The number of benzene rings is 2. The van der Waals surface area contributed by atoms with Crippen molar-refractivity contribution >= 4 is 13.3 Å². The quantitative estimate of drug-likeness (QED) is 0.739. The Kier molecular flexibility index (Phi) is 3.34. The van der Waals surface area contributed by atoms with Gasteiger partial charge in [-0.15, -0.1) is 0 Å². The van der Waals surface area contributed by atoms with Gasteiger partial charge in [0.15, 0.2) is 0 Å². The van der Waals surface area contributed by atoms with E-state index in [0.29, 0.717) is 0 Å². The molecule has 88 valence electrons. The van der Waals surface area contributed by atoms with Crippen molar-refractivity contribution in [2.24, 2.45) is 0 Å². The summed E-state index contributed by atoms with van der Waals surface area (Å²) in [6.07, 6.45) is 0. The molecule has 2 heteroatoms. The van der Waals surface area contributed by atoms with Crippen LogP contribution >= 0.6 is 0 Å². The van der Waals surface area contributed by atoms with Gasteiger partial charge in [-0.05, 0) is 24.3 Å². The van der Waals surface area contributed by atoms with Crippen molar-refractivity contribution in [3.05, 3.63) is 54.6 Å². The Morgan fingerprint density at radius 2 is 1.41 bits per heavy atom. The van der Waals surface area contributed by atoms with E-state index < -0.39 is 8.07 Å². The van der Waals surface area contributed by atoms with E-state index in [1.807, 2.05) is 36.4 Å². The lowest BCUT2D eigenvalue weighted by atomic mass is 10.3. The third-order valence-corrected chi connectivity index (χ3v) is 4.72. The van der Waals surface area contributed by atoms with Crippen LogP contribution in [0.25, 0.3) is 0 Å². The van der Waals surface area contributed by atoms with Gasteiger partial charge < -0.3 is 4.74 Å². The van der Waals surface area contributed by atoms with Gasteiger partial charge in [0.05, 0.1) is 8.07 Å². The van der Waals surface area contributed by atoms with Gasteiger partial charge in [0.2, 0.25) is 0 Å². The first-order valence-electron chi connectivity index (χ1n) is 5.89. The van der Waals surface area contributed by atoms with E-state index in [1.165, 1.54) is 5.19 Å². The van der Waals surface area contributed by atoms with Gasteiger partial charge in [-0.3, -0.25) is 0 Å². The molecule has 0 fully saturated rings. The summed E-state index contributed by atoms with van der Waals surface area (Å²) in [4.78, 5) is 0. The molecule has 0 aliphatic rings. The summed E-state index contributed by atoms with van der Waals surface area (Å²) in [7, 11) is -1.26. The molecule has 0 aliphatic heterocycles. The Labute approximate surface area is 104 Å². The molecule has 2 rings (SSSR count). The van der Waals surface area contributed by atoms with E-state index in [9.17, 15) is 0 Å². The molecule has 0 bridgehead atoms. The first-order valence-corrected chi connectivity index (χ1v) is 9.39. The zero-order valence-electron chi connectivity index (χ0n) is 10.6. The monoisotopic (exact) mass is 242 g/mol. The highest BCUT2D eigenvalue weighted by Crippen LogP contribution is 2.20. The molecule has 17 heavy (non-hydrogen) atoms. The minimum Gasteiger partial charge on any atom is -0.457 e. The van der Waals surface area contributed by atoms with Gasteiger partial charge in [0, 0.05) is 0 Å². The molecule has 1 nitrogen and oxygen atoms in total. The fourth-order valence-electron chi connectivity index (χ4n) is 1.65. The van der Waals surface area contributed by atoms with Crippen molar-refractivity contribution < 1.29 is 4.74 Å². The smallest absolute Gasteiger partial charge is 0.127 e. The molecule has 0 radical (unpaired) electrons. The van der Waals surface area contributed by atoms with Crippen molar-refractivity contribution in [2.45, 2.75) is 19.6 Å². The molecule has 2 aromatic carbocycles. The average Bonchev–Trinajstić information content (AvgIpc) is 2.29. The number of hydrogen-bond donors (Lipinski definition) is 0. The molecular weight excluding hydrogens is 224 g/mol. The Morgan fingerprint density at radius 1 is 0.765 bits per heavy atom. The summed E-state index contributed by atoms with van der Waals surface area (Å²) in [5, 5.41) is 1.42. The summed E-state index contributed by atoms with van der Waals surface area (Å²) in [6, 6.07) is 18.4. The van der Waals surface area contributed by atoms with E-state index in [1.54, 1.807) is 0 Å². The van der Waals surface area contributed by atoms with Crippen molar-refractivity contribution in [3.63, 3.8) is 0 Å². The molecule has 0 amide bonds. The van der Waals surface area contributed by atoms with E-state index in [-0.39, 0.29) is 0 Å². The number of rotatable bonds is 3.